The lowest BCUT2D eigenvalue weighted by atomic mass is 10.2. The molecule has 1 atom stereocenters. The molecule has 1 amide bonds. The first kappa shape index (κ1) is 20.0. The highest BCUT2D eigenvalue weighted by Crippen LogP contribution is 2.31. The molecule has 0 spiro atoms. The summed E-state index contributed by atoms with van der Waals surface area (Å²) in [5.41, 5.74) is 2.45. The molecule has 2 aromatic carbocycles. The molecule has 0 saturated carbocycles. The number of halogens is 4. The number of hydrogen-bond acceptors (Lipinski definition) is 3. The van der Waals surface area contributed by atoms with Crippen molar-refractivity contribution in [1.82, 2.24) is 5.32 Å². The Bertz CT molecular complexity index is 717. The summed E-state index contributed by atoms with van der Waals surface area (Å²) in [5, 5.41) is 5.96. The van der Waals surface area contributed by atoms with Gasteiger partial charge in [-0.2, -0.15) is 0 Å². The largest absolute Gasteiger partial charge is 0.445 e. The molecule has 0 aromatic heterocycles. The lowest BCUT2D eigenvalue weighted by Crippen LogP contribution is -2.49. The van der Waals surface area contributed by atoms with Crippen molar-refractivity contribution in [3.05, 3.63) is 64.7 Å². The average Bonchev–Trinajstić information content (AvgIpc) is 2.54. The number of aryl methyl sites for hydroxylation is 1. The van der Waals surface area contributed by atoms with Crippen LogP contribution in [0, 0.1) is 6.92 Å². The van der Waals surface area contributed by atoms with Crippen LogP contribution in [0.15, 0.2) is 48.5 Å². The zero-order valence-electron chi connectivity index (χ0n) is 13.2. The Kier molecular flexibility index (Phi) is 7.08. The van der Waals surface area contributed by atoms with E-state index in [2.05, 4.69) is 10.6 Å². The van der Waals surface area contributed by atoms with Crippen LogP contribution in [-0.2, 0) is 11.3 Å². The Labute approximate surface area is 166 Å². The van der Waals surface area contributed by atoms with E-state index in [1.165, 1.54) is 0 Å². The van der Waals surface area contributed by atoms with Gasteiger partial charge in [0.1, 0.15) is 12.8 Å². The van der Waals surface area contributed by atoms with Gasteiger partial charge >= 0.3 is 6.09 Å². The Balaban J connectivity index is 1.98. The number of anilines is 1. The van der Waals surface area contributed by atoms with E-state index in [0.29, 0.717) is 16.3 Å². The van der Waals surface area contributed by atoms with Crippen LogP contribution in [0.3, 0.4) is 0 Å². The number of nitrogens with one attached hydrogen (secondary N) is 2. The predicted molar refractivity (Wildman–Crippen MR) is 104 cm³/mol. The topological polar surface area (TPSA) is 50.4 Å². The molecule has 0 heterocycles. The molecule has 2 aromatic rings. The van der Waals surface area contributed by atoms with Crippen LogP contribution in [0.1, 0.15) is 11.1 Å². The molecule has 25 heavy (non-hydrogen) atoms. The molecule has 2 N–H and O–H groups in total. The second-order valence-electron chi connectivity index (χ2n) is 5.30. The van der Waals surface area contributed by atoms with Gasteiger partial charge in [-0.1, -0.05) is 82.3 Å². The van der Waals surface area contributed by atoms with Crippen LogP contribution < -0.4 is 10.6 Å². The lowest BCUT2D eigenvalue weighted by molar-refractivity contribution is 0.137. The number of carbonyl (C=O) groups excluding carboxylic acids is 1. The van der Waals surface area contributed by atoms with Crippen molar-refractivity contribution in [2.75, 3.05) is 5.32 Å². The fourth-order valence-corrected chi connectivity index (χ4v) is 2.45. The van der Waals surface area contributed by atoms with Gasteiger partial charge in [-0.3, -0.25) is 5.32 Å². The third-order valence-electron chi connectivity index (χ3n) is 3.27. The van der Waals surface area contributed by atoms with E-state index in [9.17, 15) is 4.79 Å². The van der Waals surface area contributed by atoms with Gasteiger partial charge in [0.25, 0.3) is 0 Å². The summed E-state index contributed by atoms with van der Waals surface area (Å²) in [4.78, 5) is 12.0. The maximum absolute atomic E-state index is 12.0. The molecule has 0 unspecified atom stereocenters. The molecule has 4 nitrogen and oxygen atoms in total. The molecule has 0 saturated heterocycles. The van der Waals surface area contributed by atoms with Gasteiger partial charge in [-0.05, 0) is 25.1 Å². The summed E-state index contributed by atoms with van der Waals surface area (Å²) >= 11 is 23.9. The summed E-state index contributed by atoms with van der Waals surface area (Å²) < 4.78 is 3.36. The molecular formula is C17H16Cl4N2O2. The number of amides is 1. The van der Waals surface area contributed by atoms with Gasteiger partial charge in [0.2, 0.25) is 3.79 Å². The second-order valence-corrected chi connectivity index (χ2v) is 8.07. The highest BCUT2D eigenvalue weighted by molar-refractivity contribution is 6.68. The Hall–Kier alpha value is -1.33. The van der Waals surface area contributed by atoms with Gasteiger partial charge in [0, 0.05) is 16.3 Å². The molecule has 0 radical (unpaired) electrons. The molecule has 0 bridgehead atoms. The summed E-state index contributed by atoms with van der Waals surface area (Å²) in [5.74, 6) is 0. The minimum Gasteiger partial charge on any atom is -0.445 e. The Morgan fingerprint density at radius 1 is 1.12 bits per heavy atom. The first-order valence-electron chi connectivity index (χ1n) is 7.32. The number of rotatable bonds is 5. The van der Waals surface area contributed by atoms with Crippen molar-refractivity contribution in [2.24, 2.45) is 0 Å². The zero-order chi connectivity index (χ0) is 18.4. The van der Waals surface area contributed by atoms with E-state index in [1.807, 2.05) is 31.2 Å². The van der Waals surface area contributed by atoms with Gasteiger partial charge < -0.3 is 10.1 Å². The van der Waals surface area contributed by atoms with Crippen molar-refractivity contribution < 1.29 is 9.53 Å². The first-order valence-corrected chi connectivity index (χ1v) is 8.83. The molecule has 134 valence electrons. The average molecular weight is 422 g/mol. The van der Waals surface area contributed by atoms with Crippen LogP contribution >= 0.6 is 46.4 Å². The Morgan fingerprint density at radius 3 is 2.36 bits per heavy atom. The number of hydrogen-bond donors (Lipinski definition) is 2. The summed E-state index contributed by atoms with van der Waals surface area (Å²) in [6.07, 6.45) is -1.73. The van der Waals surface area contributed by atoms with Crippen molar-refractivity contribution in [1.29, 1.82) is 0 Å². The third kappa shape index (κ3) is 6.48. The fraction of sp³-hybridized carbons (Fsp3) is 0.235. The van der Waals surface area contributed by atoms with Crippen molar-refractivity contribution >= 4 is 58.2 Å². The maximum atomic E-state index is 12.0. The number of alkyl halides is 3. The minimum absolute atomic E-state index is 0.00259. The third-order valence-corrected chi connectivity index (χ3v) is 4.29. The maximum Gasteiger partial charge on any atom is 0.409 e. The van der Waals surface area contributed by atoms with Crippen LogP contribution in [0.2, 0.25) is 5.02 Å². The molecule has 0 aliphatic rings. The number of carbonyl (C=O) groups is 1. The monoisotopic (exact) mass is 420 g/mol. The van der Waals surface area contributed by atoms with Crippen LogP contribution in [0.4, 0.5) is 10.5 Å². The minimum atomic E-state index is -1.78. The van der Waals surface area contributed by atoms with Crippen molar-refractivity contribution in [2.45, 2.75) is 23.5 Å². The van der Waals surface area contributed by atoms with E-state index in [0.717, 1.165) is 5.56 Å². The number of benzene rings is 2. The predicted octanol–water partition coefficient (Wildman–Crippen LogP) is 5.68. The van der Waals surface area contributed by atoms with Crippen LogP contribution in [0.5, 0.6) is 0 Å². The lowest BCUT2D eigenvalue weighted by Gasteiger charge is -2.27. The van der Waals surface area contributed by atoms with E-state index in [1.54, 1.807) is 24.3 Å². The summed E-state index contributed by atoms with van der Waals surface area (Å²) in [6, 6.07) is 14.5. The zero-order valence-corrected chi connectivity index (χ0v) is 16.3. The molecule has 2 rings (SSSR count). The van der Waals surface area contributed by atoms with E-state index >= 15 is 0 Å². The Morgan fingerprint density at radius 2 is 1.76 bits per heavy atom. The van der Waals surface area contributed by atoms with Crippen molar-refractivity contribution in [3.63, 3.8) is 0 Å². The van der Waals surface area contributed by atoms with Gasteiger partial charge in [-0.15, -0.1) is 0 Å². The SMILES string of the molecule is Cc1ccc(N[C@H](NC(=O)OCc2ccccc2Cl)C(Cl)(Cl)Cl)cc1. The van der Waals surface area contributed by atoms with E-state index in [-0.39, 0.29) is 6.61 Å². The highest BCUT2D eigenvalue weighted by atomic mass is 35.6. The van der Waals surface area contributed by atoms with Gasteiger partial charge in [0.05, 0.1) is 0 Å². The molecular weight excluding hydrogens is 406 g/mol. The summed E-state index contributed by atoms with van der Waals surface area (Å²) in [7, 11) is 0. The van der Waals surface area contributed by atoms with Gasteiger partial charge in [-0.25, -0.2) is 4.79 Å². The van der Waals surface area contributed by atoms with E-state index in [4.69, 9.17) is 51.1 Å². The molecule has 8 heteroatoms. The number of ether oxygens (including phenoxy) is 1. The van der Waals surface area contributed by atoms with E-state index < -0.39 is 16.1 Å². The smallest absolute Gasteiger partial charge is 0.409 e. The van der Waals surface area contributed by atoms with Crippen LogP contribution in [0.25, 0.3) is 0 Å². The normalized spacial score (nSPS) is 12.4. The molecule has 0 fully saturated rings. The molecule has 0 aliphatic carbocycles. The fourth-order valence-electron chi connectivity index (χ4n) is 1.93. The quantitative estimate of drug-likeness (QED) is 0.482. The summed E-state index contributed by atoms with van der Waals surface area (Å²) in [6.45, 7) is 1.96. The first-order chi connectivity index (χ1) is 11.8. The highest BCUT2D eigenvalue weighted by Gasteiger charge is 2.34. The van der Waals surface area contributed by atoms with Gasteiger partial charge in [0.15, 0.2) is 0 Å². The number of alkyl carbamates (subject to hydrolysis) is 1. The van der Waals surface area contributed by atoms with Crippen LogP contribution in [-0.4, -0.2) is 16.1 Å². The second kappa shape index (κ2) is 8.86. The van der Waals surface area contributed by atoms with Crippen molar-refractivity contribution in [3.8, 4) is 0 Å². The standard InChI is InChI=1S/C17H16Cl4N2O2/c1-11-6-8-13(9-7-11)22-15(17(19,20)21)23-16(24)25-10-12-4-2-3-5-14(12)18/h2-9,15,22H,10H2,1H3,(H,23,24)/t15-/m1/s1. The molecule has 0 aliphatic heterocycles.